The number of hydrogen-bond acceptors (Lipinski definition) is 3. The fourth-order valence-corrected chi connectivity index (χ4v) is 0.772. The SMILES string of the molecule is OCc1cc(F)cnc1OC(F)F. The van der Waals surface area contributed by atoms with Gasteiger partial charge in [0.2, 0.25) is 5.88 Å². The molecule has 1 heterocycles. The Kier molecular flexibility index (Phi) is 3.07. The maximum atomic E-state index is 12.5. The van der Waals surface area contributed by atoms with E-state index < -0.39 is 24.9 Å². The predicted molar refractivity (Wildman–Crippen MR) is 36.7 cm³/mol. The molecule has 6 heteroatoms. The second-order valence-electron chi connectivity index (χ2n) is 2.15. The number of hydrogen-bond donors (Lipinski definition) is 1. The minimum Gasteiger partial charge on any atom is -0.417 e. The zero-order valence-corrected chi connectivity index (χ0v) is 6.38. The molecule has 0 saturated carbocycles. The molecular formula is C7H6F3NO2. The molecule has 0 amide bonds. The van der Waals surface area contributed by atoms with Gasteiger partial charge >= 0.3 is 6.61 Å². The molecule has 0 spiro atoms. The lowest BCUT2D eigenvalue weighted by atomic mass is 10.3. The van der Waals surface area contributed by atoms with Gasteiger partial charge < -0.3 is 9.84 Å². The van der Waals surface area contributed by atoms with Gasteiger partial charge in [-0.1, -0.05) is 0 Å². The van der Waals surface area contributed by atoms with E-state index in [4.69, 9.17) is 5.11 Å². The van der Waals surface area contributed by atoms with Crippen LogP contribution in [-0.4, -0.2) is 16.7 Å². The van der Waals surface area contributed by atoms with Crippen molar-refractivity contribution in [2.24, 2.45) is 0 Å². The molecule has 1 aromatic rings. The van der Waals surface area contributed by atoms with Crippen molar-refractivity contribution < 1.29 is 23.0 Å². The smallest absolute Gasteiger partial charge is 0.388 e. The van der Waals surface area contributed by atoms with Crippen LogP contribution in [0, 0.1) is 5.82 Å². The van der Waals surface area contributed by atoms with Crippen molar-refractivity contribution in [1.29, 1.82) is 0 Å². The lowest BCUT2D eigenvalue weighted by Gasteiger charge is -2.06. The summed E-state index contributed by atoms with van der Waals surface area (Å²) in [5, 5.41) is 8.62. The van der Waals surface area contributed by atoms with Gasteiger partial charge in [0.15, 0.2) is 0 Å². The number of halogens is 3. The van der Waals surface area contributed by atoms with E-state index in [1.807, 2.05) is 0 Å². The standard InChI is InChI=1S/C7H6F3NO2/c8-5-1-4(3-12)6(11-2-5)13-7(9)10/h1-2,7,12H,3H2. The van der Waals surface area contributed by atoms with Crippen molar-refractivity contribution in [2.75, 3.05) is 0 Å². The molecule has 0 aliphatic carbocycles. The molecule has 1 rings (SSSR count). The first-order valence-corrected chi connectivity index (χ1v) is 3.33. The Labute approximate surface area is 71.8 Å². The van der Waals surface area contributed by atoms with E-state index in [2.05, 4.69) is 9.72 Å². The molecule has 13 heavy (non-hydrogen) atoms. The first-order chi connectivity index (χ1) is 6.13. The molecule has 0 fully saturated rings. The number of aliphatic hydroxyl groups is 1. The summed E-state index contributed by atoms with van der Waals surface area (Å²) in [6, 6.07) is 0.880. The molecule has 1 N–H and O–H groups in total. The van der Waals surface area contributed by atoms with Gasteiger partial charge in [-0.3, -0.25) is 0 Å². The average molecular weight is 193 g/mol. The summed E-state index contributed by atoms with van der Waals surface area (Å²) in [7, 11) is 0. The van der Waals surface area contributed by atoms with Crippen molar-refractivity contribution in [3.63, 3.8) is 0 Å². The highest BCUT2D eigenvalue weighted by Crippen LogP contribution is 2.17. The summed E-state index contributed by atoms with van der Waals surface area (Å²) < 4.78 is 39.8. The monoisotopic (exact) mass is 193 g/mol. The van der Waals surface area contributed by atoms with Gasteiger partial charge in [-0.2, -0.15) is 8.78 Å². The van der Waals surface area contributed by atoms with Crippen LogP contribution in [0.3, 0.4) is 0 Å². The van der Waals surface area contributed by atoms with Gasteiger partial charge in [0.25, 0.3) is 0 Å². The highest BCUT2D eigenvalue weighted by Gasteiger charge is 2.11. The minimum absolute atomic E-state index is 0.111. The summed E-state index contributed by atoms with van der Waals surface area (Å²) in [6.45, 7) is -3.64. The van der Waals surface area contributed by atoms with E-state index in [9.17, 15) is 13.2 Å². The van der Waals surface area contributed by atoms with Crippen LogP contribution in [0.25, 0.3) is 0 Å². The third-order valence-electron chi connectivity index (χ3n) is 1.26. The molecule has 0 saturated heterocycles. The Morgan fingerprint density at radius 2 is 2.23 bits per heavy atom. The first-order valence-electron chi connectivity index (χ1n) is 3.33. The molecule has 0 radical (unpaired) electrons. The van der Waals surface area contributed by atoms with Gasteiger partial charge in [-0.25, -0.2) is 9.37 Å². The molecule has 72 valence electrons. The largest absolute Gasteiger partial charge is 0.417 e. The first kappa shape index (κ1) is 9.79. The summed E-state index contributed by atoms with van der Waals surface area (Å²) in [4.78, 5) is 3.25. The summed E-state index contributed by atoms with van der Waals surface area (Å²) >= 11 is 0. The molecule has 3 nitrogen and oxygen atoms in total. The van der Waals surface area contributed by atoms with Crippen LogP contribution < -0.4 is 4.74 Å². The summed E-state index contributed by atoms with van der Waals surface area (Å²) in [6.07, 6.45) is 0.733. The molecular weight excluding hydrogens is 187 g/mol. The van der Waals surface area contributed by atoms with E-state index in [-0.39, 0.29) is 5.56 Å². The highest BCUT2D eigenvalue weighted by atomic mass is 19.3. The number of ether oxygens (including phenoxy) is 1. The number of aliphatic hydroxyl groups excluding tert-OH is 1. The second-order valence-corrected chi connectivity index (χ2v) is 2.15. The average Bonchev–Trinajstić information content (AvgIpc) is 2.07. The predicted octanol–water partition coefficient (Wildman–Crippen LogP) is 1.31. The Bertz CT molecular complexity index is 293. The lowest BCUT2D eigenvalue weighted by Crippen LogP contribution is -2.06. The van der Waals surface area contributed by atoms with Crippen LogP contribution in [0.1, 0.15) is 5.56 Å². The van der Waals surface area contributed by atoms with E-state index >= 15 is 0 Å². The molecule has 0 aliphatic heterocycles. The van der Waals surface area contributed by atoms with Crippen LogP contribution in [0.5, 0.6) is 5.88 Å². The minimum atomic E-state index is -3.04. The lowest BCUT2D eigenvalue weighted by molar-refractivity contribution is -0.0541. The van der Waals surface area contributed by atoms with Gasteiger partial charge in [-0.15, -0.1) is 0 Å². The molecule has 0 atom stereocenters. The van der Waals surface area contributed by atoms with Crippen LogP contribution in [0.15, 0.2) is 12.3 Å². The normalized spacial score (nSPS) is 10.5. The van der Waals surface area contributed by atoms with E-state index in [1.54, 1.807) is 0 Å². The summed E-state index contributed by atoms with van der Waals surface area (Å²) in [5.41, 5.74) is -0.111. The van der Waals surface area contributed by atoms with Crippen LogP contribution in [0.4, 0.5) is 13.2 Å². The van der Waals surface area contributed by atoms with Crippen LogP contribution in [-0.2, 0) is 6.61 Å². The van der Waals surface area contributed by atoms with E-state index in [0.717, 1.165) is 12.3 Å². The summed E-state index contributed by atoms with van der Waals surface area (Å²) in [5.74, 6) is -1.18. The molecule has 1 aromatic heterocycles. The topological polar surface area (TPSA) is 42.4 Å². The maximum Gasteiger partial charge on any atom is 0.388 e. The van der Waals surface area contributed by atoms with Crippen LogP contribution >= 0.6 is 0 Å². The maximum absolute atomic E-state index is 12.5. The third kappa shape index (κ3) is 2.59. The molecule has 0 unspecified atom stereocenters. The Morgan fingerprint density at radius 1 is 1.54 bits per heavy atom. The van der Waals surface area contributed by atoms with E-state index in [1.165, 1.54) is 0 Å². The quantitative estimate of drug-likeness (QED) is 0.787. The zero-order valence-electron chi connectivity index (χ0n) is 6.38. The molecule has 0 aromatic carbocycles. The fourth-order valence-electron chi connectivity index (χ4n) is 0.772. The Hall–Kier alpha value is -1.30. The highest BCUT2D eigenvalue weighted by molar-refractivity contribution is 5.25. The van der Waals surface area contributed by atoms with Crippen molar-refractivity contribution in [3.05, 3.63) is 23.6 Å². The number of pyridine rings is 1. The van der Waals surface area contributed by atoms with Gasteiger partial charge in [0.1, 0.15) is 5.82 Å². The Morgan fingerprint density at radius 3 is 2.77 bits per heavy atom. The van der Waals surface area contributed by atoms with Crippen molar-refractivity contribution in [1.82, 2.24) is 4.98 Å². The van der Waals surface area contributed by atoms with Crippen molar-refractivity contribution in [3.8, 4) is 5.88 Å². The van der Waals surface area contributed by atoms with Crippen molar-refractivity contribution >= 4 is 0 Å². The second kappa shape index (κ2) is 4.08. The number of alkyl halides is 2. The number of nitrogens with zero attached hydrogens (tertiary/aromatic N) is 1. The zero-order chi connectivity index (χ0) is 9.84. The number of rotatable bonds is 3. The number of aromatic nitrogens is 1. The van der Waals surface area contributed by atoms with E-state index in [0.29, 0.717) is 0 Å². The third-order valence-corrected chi connectivity index (χ3v) is 1.26. The van der Waals surface area contributed by atoms with Crippen molar-refractivity contribution in [2.45, 2.75) is 13.2 Å². The van der Waals surface area contributed by atoms with Gasteiger partial charge in [0.05, 0.1) is 12.8 Å². The van der Waals surface area contributed by atoms with Gasteiger partial charge in [0, 0.05) is 5.56 Å². The van der Waals surface area contributed by atoms with Gasteiger partial charge in [-0.05, 0) is 6.07 Å². The van der Waals surface area contributed by atoms with Crippen LogP contribution in [0.2, 0.25) is 0 Å². The molecule has 0 bridgehead atoms. The fraction of sp³-hybridized carbons (Fsp3) is 0.286. The Balaban J connectivity index is 2.92. The molecule has 0 aliphatic rings.